The maximum Gasteiger partial charge on any atom is 0.0902 e. The lowest BCUT2D eigenvalue weighted by molar-refractivity contribution is -0.125. The summed E-state index contributed by atoms with van der Waals surface area (Å²) < 4.78 is 0. The van der Waals surface area contributed by atoms with Gasteiger partial charge in [0, 0.05) is 6.04 Å². The molecule has 2 heterocycles. The molecule has 1 aromatic rings. The molecule has 4 bridgehead atoms. The van der Waals surface area contributed by atoms with E-state index in [9.17, 15) is 0 Å². The average molecular weight is 299 g/mol. The van der Waals surface area contributed by atoms with Crippen LogP contribution in [0.2, 0.25) is 0 Å². The Kier molecular flexibility index (Phi) is 4.00. The van der Waals surface area contributed by atoms with Crippen LogP contribution in [0.3, 0.4) is 0 Å². The molecule has 0 aromatic heterocycles. The van der Waals surface area contributed by atoms with Crippen molar-refractivity contribution >= 4 is 0 Å². The fraction of sp³-hybridized carbons (Fsp3) is 0.700. The van der Waals surface area contributed by atoms with Crippen molar-refractivity contribution in [1.29, 1.82) is 0 Å². The van der Waals surface area contributed by atoms with Crippen LogP contribution in [0.15, 0.2) is 30.3 Å². The first-order valence-corrected chi connectivity index (χ1v) is 9.25. The fourth-order valence-corrected chi connectivity index (χ4v) is 5.42. The molecule has 2 saturated carbocycles. The molecule has 1 unspecified atom stereocenters. The quantitative estimate of drug-likeness (QED) is 0.864. The SMILES string of the molecule is CCCC[C@]12C[C@@H]3C[C@H](C1)C(Cc1ccccc1)[C@@H](C3)NO2. The van der Waals surface area contributed by atoms with Crippen LogP contribution in [0.4, 0.5) is 0 Å². The number of hydrogen-bond donors (Lipinski definition) is 1. The molecule has 0 amide bonds. The van der Waals surface area contributed by atoms with Crippen LogP contribution in [0.5, 0.6) is 0 Å². The van der Waals surface area contributed by atoms with Gasteiger partial charge < -0.3 is 0 Å². The van der Waals surface area contributed by atoms with Gasteiger partial charge in [0.05, 0.1) is 5.60 Å². The minimum absolute atomic E-state index is 0.143. The molecule has 2 heteroatoms. The van der Waals surface area contributed by atoms with Crippen LogP contribution in [0.1, 0.15) is 57.4 Å². The summed E-state index contributed by atoms with van der Waals surface area (Å²) in [4.78, 5) is 6.34. The van der Waals surface area contributed by atoms with Gasteiger partial charge in [-0.25, -0.2) is 0 Å². The van der Waals surface area contributed by atoms with E-state index in [0.717, 1.165) is 17.8 Å². The highest BCUT2D eigenvalue weighted by atomic mass is 16.7. The van der Waals surface area contributed by atoms with Crippen molar-refractivity contribution in [3.63, 3.8) is 0 Å². The first-order valence-electron chi connectivity index (χ1n) is 9.25. The van der Waals surface area contributed by atoms with Gasteiger partial charge in [-0.3, -0.25) is 4.84 Å². The van der Waals surface area contributed by atoms with Gasteiger partial charge in [0.15, 0.2) is 0 Å². The lowest BCUT2D eigenvalue weighted by Gasteiger charge is -2.46. The van der Waals surface area contributed by atoms with Crippen molar-refractivity contribution < 1.29 is 4.84 Å². The Labute approximate surface area is 134 Å². The smallest absolute Gasteiger partial charge is 0.0902 e. The zero-order valence-electron chi connectivity index (χ0n) is 13.8. The van der Waals surface area contributed by atoms with Gasteiger partial charge in [-0.15, -0.1) is 0 Å². The van der Waals surface area contributed by atoms with Crippen molar-refractivity contribution in [2.24, 2.45) is 17.8 Å². The molecule has 2 saturated heterocycles. The van der Waals surface area contributed by atoms with Crippen molar-refractivity contribution in [2.75, 3.05) is 0 Å². The summed E-state index contributed by atoms with van der Waals surface area (Å²) in [7, 11) is 0. The van der Waals surface area contributed by atoms with E-state index in [0.29, 0.717) is 6.04 Å². The minimum Gasteiger partial charge on any atom is -0.295 e. The van der Waals surface area contributed by atoms with E-state index < -0.39 is 0 Å². The molecule has 0 spiro atoms. The molecule has 2 aliphatic carbocycles. The van der Waals surface area contributed by atoms with Crippen LogP contribution in [-0.2, 0) is 11.3 Å². The van der Waals surface area contributed by atoms with Gasteiger partial charge in [-0.05, 0) is 61.8 Å². The van der Waals surface area contributed by atoms with Gasteiger partial charge in [0.2, 0.25) is 0 Å². The van der Waals surface area contributed by atoms with Gasteiger partial charge in [0.1, 0.15) is 0 Å². The van der Waals surface area contributed by atoms with Crippen molar-refractivity contribution in [3.05, 3.63) is 35.9 Å². The zero-order chi connectivity index (χ0) is 15.0. The predicted molar refractivity (Wildman–Crippen MR) is 89.3 cm³/mol. The molecule has 22 heavy (non-hydrogen) atoms. The molecular formula is C20H29NO. The Hall–Kier alpha value is -0.860. The monoisotopic (exact) mass is 299 g/mol. The van der Waals surface area contributed by atoms with Gasteiger partial charge in [-0.2, -0.15) is 5.48 Å². The van der Waals surface area contributed by atoms with Gasteiger partial charge in [-0.1, -0.05) is 50.1 Å². The van der Waals surface area contributed by atoms with Crippen LogP contribution in [0.25, 0.3) is 0 Å². The zero-order valence-corrected chi connectivity index (χ0v) is 13.8. The first-order chi connectivity index (χ1) is 10.8. The van der Waals surface area contributed by atoms with E-state index >= 15 is 0 Å². The van der Waals surface area contributed by atoms with Gasteiger partial charge >= 0.3 is 0 Å². The maximum absolute atomic E-state index is 6.34. The summed E-state index contributed by atoms with van der Waals surface area (Å²) in [6, 6.07) is 11.6. The highest BCUT2D eigenvalue weighted by Crippen LogP contribution is 2.53. The van der Waals surface area contributed by atoms with Crippen LogP contribution in [-0.4, -0.2) is 11.6 Å². The fourth-order valence-electron chi connectivity index (χ4n) is 5.42. The van der Waals surface area contributed by atoms with Crippen molar-refractivity contribution in [3.8, 4) is 0 Å². The van der Waals surface area contributed by atoms with E-state index in [1.165, 1.54) is 56.9 Å². The Morgan fingerprint density at radius 2 is 2.05 bits per heavy atom. The average Bonchev–Trinajstić information content (AvgIpc) is 2.73. The Morgan fingerprint density at radius 1 is 1.18 bits per heavy atom. The molecular weight excluding hydrogens is 270 g/mol. The lowest BCUT2D eigenvalue weighted by Crippen LogP contribution is -2.45. The second kappa shape index (κ2) is 5.98. The van der Waals surface area contributed by atoms with E-state index in [2.05, 4.69) is 42.7 Å². The van der Waals surface area contributed by atoms with Gasteiger partial charge in [0.25, 0.3) is 0 Å². The summed E-state index contributed by atoms with van der Waals surface area (Å²) in [5.41, 5.74) is 5.16. The summed E-state index contributed by atoms with van der Waals surface area (Å²) in [5, 5.41) is 0. The van der Waals surface area contributed by atoms with Crippen molar-refractivity contribution in [2.45, 2.75) is 69.9 Å². The van der Waals surface area contributed by atoms with Crippen LogP contribution >= 0.6 is 0 Å². The largest absolute Gasteiger partial charge is 0.295 e. The molecule has 4 aliphatic rings. The third kappa shape index (κ3) is 2.72. The van der Waals surface area contributed by atoms with E-state index in [1.54, 1.807) is 0 Å². The standard InChI is InChI=1S/C20H29NO/c1-2-3-9-20-13-16-10-17(14-20)18(19(12-16)21-22-20)11-15-7-5-4-6-8-15/h4-8,16-19,21H,2-3,9-14H2,1H3/t16-,17-,18?,19-,20+/m1/s1. The summed E-state index contributed by atoms with van der Waals surface area (Å²) in [6.07, 6.45) is 10.4. The molecule has 2 nitrogen and oxygen atoms in total. The molecule has 1 aromatic carbocycles. The second-order valence-electron chi connectivity index (χ2n) is 7.97. The molecule has 5 atom stereocenters. The van der Waals surface area contributed by atoms with Crippen LogP contribution < -0.4 is 5.48 Å². The number of benzene rings is 1. The number of nitrogens with one attached hydrogen (secondary N) is 1. The Balaban J connectivity index is 1.54. The summed E-state index contributed by atoms with van der Waals surface area (Å²) in [5.74, 6) is 2.50. The Bertz CT molecular complexity index is 502. The highest BCUT2D eigenvalue weighted by Gasteiger charge is 2.52. The molecule has 120 valence electrons. The molecule has 0 radical (unpaired) electrons. The number of rotatable bonds is 5. The first kappa shape index (κ1) is 14.7. The number of hydroxylamine groups is 1. The van der Waals surface area contributed by atoms with E-state index in [4.69, 9.17) is 4.84 Å². The molecule has 5 rings (SSSR count). The normalized spacial score (nSPS) is 39.9. The molecule has 4 fully saturated rings. The topological polar surface area (TPSA) is 21.3 Å². The molecule has 1 N–H and O–H groups in total. The lowest BCUT2D eigenvalue weighted by atomic mass is 9.59. The third-order valence-electron chi connectivity index (χ3n) is 6.37. The van der Waals surface area contributed by atoms with E-state index in [1.807, 2.05) is 0 Å². The minimum atomic E-state index is 0.143. The maximum atomic E-state index is 6.34. The van der Waals surface area contributed by atoms with E-state index in [-0.39, 0.29) is 5.60 Å². The second-order valence-corrected chi connectivity index (χ2v) is 7.97. The summed E-state index contributed by atoms with van der Waals surface area (Å²) >= 11 is 0. The van der Waals surface area contributed by atoms with Crippen LogP contribution in [0, 0.1) is 17.8 Å². The molecule has 2 aliphatic heterocycles. The predicted octanol–water partition coefficient (Wildman–Crippen LogP) is 4.50. The third-order valence-corrected chi connectivity index (χ3v) is 6.37. The number of unbranched alkanes of at least 4 members (excludes halogenated alkanes) is 1. The number of hydrogen-bond acceptors (Lipinski definition) is 2. The highest BCUT2D eigenvalue weighted by molar-refractivity contribution is 5.17. The Morgan fingerprint density at radius 3 is 2.86 bits per heavy atom. The summed E-state index contributed by atoms with van der Waals surface area (Å²) in [6.45, 7) is 2.29. The number of fused-ring (bicyclic) bond motifs is 1. The van der Waals surface area contributed by atoms with Crippen molar-refractivity contribution in [1.82, 2.24) is 5.48 Å².